The molecule has 1 heterocycles. The second kappa shape index (κ2) is 8.01. The summed E-state index contributed by atoms with van der Waals surface area (Å²) in [7, 11) is 0. The van der Waals surface area contributed by atoms with Gasteiger partial charge in [0.05, 0.1) is 24.2 Å². The van der Waals surface area contributed by atoms with Gasteiger partial charge >= 0.3 is 0 Å². The lowest BCUT2D eigenvalue weighted by Gasteiger charge is -2.27. The molecule has 1 unspecified atom stereocenters. The van der Waals surface area contributed by atoms with Crippen molar-refractivity contribution in [1.82, 2.24) is 0 Å². The van der Waals surface area contributed by atoms with Gasteiger partial charge in [0.25, 0.3) is 0 Å². The molecule has 0 fully saturated rings. The molecule has 1 aliphatic carbocycles. The van der Waals surface area contributed by atoms with Crippen LogP contribution in [0.1, 0.15) is 52.4 Å². The van der Waals surface area contributed by atoms with Crippen LogP contribution in [-0.2, 0) is 14.4 Å². The molecule has 122 valence electrons. The van der Waals surface area contributed by atoms with Crippen LogP contribution in [-0.4, -0.2) is 29.8 Å². The normalized spacial score (nSPS) is 23.2. The standard InChI is InChI=1S/C17H25NO4/c1-3-6-14(18-22-4-2)17-15(19)9-13(10-16(17)20)12-7-5-8-21-11-12/h11,13,19H,3-10H2,1-2H3. The topological polar surface area (TPSA) is 68.1 Å². The maximum atomic E-state index is 12.5. The first-order chi connectivity index (χ1) is 10.7. The summed E-state index contributed by atoms with van der Waals surface area (Å²) in [5.74, 6) is 0.137. The summed E-state index contributed by atoms with van der Waals surface area (Å²) in [5, 5.41) is 14.4. The highest BCUT2D eigenvalue weighted by Crippen LogP contribution is 2.35. The quantitative estimate of drug-likeness (QED) is 0.600. The molecule has 0 aromatic heterocycles. The van der Waals surface area contributed by atoms with Crippen LogP contribution >= 0.6 is 0 Å². The Morgan fingerprint density at radius 3 is 2.86 bits per heavy atom. The van der Waals surface area contributed by atoms with Gasteiger partial charge in [-0.1, -0.05) is 18.5 Å². The van der Waals surface area contributed by atoms with Crippen molar-refractivity contribution in [2.45, 2.75) is 52.4 Å². The van der Waals surface area contributed by atoms with Crippen LogP contribution in [0.15, 0.2) is 28.3 Å². The second-order valence-electron chi connectivity index (χ2n) is 5.72. The minimum Gasteiger partial charge on any atom is -0.511 e. The van der Waals surface area contributed by atoms with Gasteiger partial charge in [-0.25, -0.2) is 0 Å². The lowest BCUT2D eigenvalue weighted by Crippen LogP contribution is -2.26. The second-order valence-corrected chi connectivity index (χ2v) is 5.72. The van der Waals surface area contributed by atoms with Gasteiger partial charge in [-0.15, -0.1) is 0 Å². The van der Waals surface area contributed by atoms with Crippen molar-refractivity contribution in [2.24, 2.45) is 11.1 Å². The number of oxime groups is 1. The minimum atomic E-state index is -0.0490. The fourth-order valence-electron chi connectivity index (χ4n) is 2.96. The van der Waals surface area contributed by atoms with Gasteiger partial charge in [-0.2, -0.15) is 0 Å². The number of carbonyl (C=O) groups excluding carboxylic acids is 1. The molecule has 5 heteroatoms. The number of hydrogen-bond donors (Lipinski definition) is 1. The van der Waals surface area contributed by atoms with Crippen LogP contribution in [0.3, 0.4) is 0 Å². The molecule has 0 saturated carbocycles. The van der Waals surface area contributed by atoms with Crippen LogP contribution in [0, 0.1) is 5.92 Å². The molecule has 1 aliphatic heterocycles. The Morgan fingerprint density at radius 2 is 2.27 bits per heavy atom. The van der Waals surface area contributed by atoms with Gasteiger partial charge < -0.3 is 14.7 Å². The van der Waals surface area contributed by atoms with Crippen LogP contribution in [0.25, 0.3) is 0 Å². The highest BCUT2D eigenvalue weighted by Gasteiger charge is 2.32. The highest BCUT2D eigenvalue weighted by atomic mass is 16.6. The third kappa shape index (κ3) is 3.90. The van der Waals surface area contributed by atoms with E-state index in [0.717, 1.165) is 31.4 Å². The monoisotopic (exact) mass is 307 g/mol. The molecule has 2 rings (SSSR count). The summed E-state index contributed by atoms with van der Waals surface area (Å²) >= 11 is 0. The number of ketones is 1. The van der Waals surface area contributed by atoms with Crippen molar-refractivity contribution < 1.29 is 19.5 Å². The molecule has 0 amide bonds. The molecule has 0 aromatic rings. The van der Waals surface area contributed by atoms with Crippen molar-refractivity contribution in [3.63, 3.8) is 0 Å². The van der Waals surface area contributed by atoms with Gasteiger partial charge in [0.1, 0.15) is 12.4 Å². The third-order valence-corrected chi connectivity index (χ3v) is 4.00. The number of allylic oxidation sites excluding steroid dienone is 3. The summed E-state index contributed by atoms with van der Waals surface area (Å²) in [6, 6.07) is 0. The first-order valence-corrected chi connectivity index (χ1v) is 8.12. The number of nitrogens with zero attached hydrogens (tertiary/aromatic N) is 1. The maximum Gasteiger partial charge on any atom is 0.168 e. The first-order valence-electron chi connectivity index (χ1n) is 8.12. The van der Waals surface area contributed by atoms with Crippen molar-refractivity contribution in [3.05, 3.63) is 23.2 Å². The van der Waals surface area contributed by atoms with E-state index in [1.807, 2.05) is 13.8 Å². The Hall–Kier alpha value is -1.78. The van der Waals surface area contributed by atoms with Crippen LogP contribution in [0.2, 0.25) is 0 Å². The van der Waals surface area contributed by atoms with Gasteiger partial charge in [-0.05, 0) is 37.7 Å². The van der Waals surface area contributed by atoms with Crippen molar-refractivity contribution in [2.75, 3.05) is 13.2 Å². The zero-order valence-electron chi connectivity index (χ0n) is 13.4. The Morgan fingerprint density at radius 1 is 1.45 bits per heavy atom. The minimum absolute atomic E-state index is 0.0477. The molecular weight excluding hydrogens is 282 g/mol. The zero-order valence-corrected chi connectivity index (χ0v) is 13.4. The SMILES string of the molecule is CCCC(=NOCC)C1=C(O)CC(C2=COCCC2)CC1=O. The predicted octanol–water partition coefficient (Wildman–Crippen LogP) is 3.66. The largest absolute Gasteiger partial charge is 0.511 e. The van der Waals surface area contributed by atoms with E-state index < -0.39 is 0 Å². The predicted molar refractivity (Wildman–Crippen MR) is 84.6 cm³/mol. The first kappa shape index (κ1) is 16.6. The van der Waals surface area contributed by atoms with Gasteiger partial charge in [0.15, 0.2) is 5.78 Å². The number of ether oxygens (including phenoxy) is 1. The fraction of sp³-hybridized carbons (Fsp3) is 0.647. The summed E-state index contributed by atoms with van der Waals surface area (Å²) in [6.07, 6.45) is 6.03. The summed E-state index contributed by atoms with van der Waals surface area (Å²) < 4.78 is 5.36. The number of hydrogen-bond acceptors (Lipinski definition) is 5. The Labute approximate surface area is 131 Å². The van der Waals surface area contributed by atoms with E-state index in [0.29, 0.717) is 37.2 Å². The van der Waals surface area contributed by atoms with Crippen LogP contribution in [0.5, 0.6) is 0 Å². The molecule has 0 bridgehead atoms. The molecule has 2 aliphatic rings. The zero-order chi connectivity index (χ0) is 15.9. The molecule has 0 saturated heterocycles. The highest BCUT2D eigenvalue weighted by molar-refractivity contribution is 6.23. The smallest absolute Gasteiger partial charge is 0.168 e. The van der Waals surface area contributed by atoms with Gasteiger partial charge in [0.2, 0.25) is 0 Å². The number of aliphatic hydroxyl groups is 1. The summed E-state index contributed by atoms with van der Waals surface area (Å²) in [5.41, 5.74) is 2.06. The van der Waals surface area contributed by atoms with E-state index in [9.17, 15) is 9.90 Å². The Kier molecular flexibility index (Phi) is 6.04. The molecule has 5 nitrogen and oxygen atoms in total. The summed E-state index contributed by atoms with van der Waals surface area (Å²) in [4.78, 5) is 17.6. The maximum absolute atomic E-state index is 12.5. The summed E-state index contributed by atoms with van der Waals surface area (Å²) in [6.45, 7) is 5.04. The molecular formula is C17H25NO4. The van der Waals surface area contributed by atoms with Crippen molar-refractivity contribution in [1.29, 1.82) is 0 Å². The van der Waals surface area contributed by atoms with E-state index in [4.69, 9.17) is 9.57 Å². The van der Waals surface area contributed by atoms with E-state index >= 15 is 0 Å². The number of rotatable bonds is 6. The Balaban J connectivity index is 2.21. The van der Waals surface area contributed by atoms with E-state index in [1.165, 1.54) is 0 Å². The third-order valence-electron chi connectivity index (χ3n) is 4.00. The molecule has 0 aromatic carbocycles. The average Bonchev–Trinajstić information content (AvgIpc) is 2.52. The van der Waals surface area contributed by atoms with Crippen molar-refractivity contribution >= 4 is 11.5 Å². The molecule has 0 radical (unpaired) electrons. The van der Waals surface area contributed by atoms with E-state index in [1.54, 1.807) is 6.26 Å². The molecule has 0 spiro atoms. The van der Waals surface area contributed by atoms with E-state index in [-0.39, 0.29) is 17.5 Å². The molecule has 1 N–H and O–H groups in total. The number of carbonyl (C=O) groups is 1. The molecule has 22 heavy (non-hydrogen) atoms. The fourth-order valence-corrected chi connectivity index (χ4v) is 2.96. The van der Waals surface area contributed by atoms with E-state index in [2.05, 4.69) is 5.16 Å². The number of Topliss-reactive ketones (excluding diaryl/α,β-unsaturated/α-hetero) is 1. The Bertz CT molecular complexity index is 505. The van der Waals surface area contributed by atoms with Crippen molar-refractivity contribution in [3.8, 4) is 0 Å². The number of aliphatic hydroxyl groups excluding tert-OH is 1. The molecule has 1 atom stereocenters. The van der Waals surface area contributed by atoms with Gasteiger partial charge in [0, 0.05) is 12.8 Å². The lowest BCUT2D eigenvalue weighted by atomic mass is 9.79. The van der Waals surface area contributed by atoms with Crippen LogP contribution < -0.4 is 0 Å². The lowest BCUT2D eigenvalue weighted by molar-refractivity contribution is -0.116. The average molecular weight is 307 g/mol. The van der Waals surface area contributed by atoms with Crippen LogP contribution in [0.4, 0.5) is 0 Å². The van der Waals surface area contributed by atoms with Gasteiger partial charge in [-0.3, -0.25) is 4.79 Å².